The molecule has 0 bridgehead atoms. The second-order valence-corrected chi connectivity index (χ2v) is 7.20. The fourth-order valence-corrected chi connectivity index (χ4v) is 3.89. The molecule has 0 aromatic heterocycles. The van der Waals surface area contributed by atoms with Crippen molar-refractivity contribution in [1.82, 2.24) is 20.4 Å². The lowest BCUT2D eigenvalue weighted by Crippen LogP contribution is -2.58. The molecular weight excluding hydrogens is 357 g/mol. The van der Waals surface area contributed by atoms with Gasteiger partial charge in [-0.3, -0.25) is 14.6 Å². The molecule has 2 saturated heterocycles. The van der Waals surface area contributed by atoms with Crippen molar-refractivity contribution >= 4 is 5.91 Å². The molecule has 27 heavy (non-hydrogen) atoms. The summed E-state index contributed by atoms with van der Waals surface area (Å²) < 4.78 is 40.4. The van der Waals surface area contributed by atoms with Gasteiger partial charge in [0.25, 0.3) is 0 Å². The number of benzene rings is 1. The summed E-state index contributed by atoms with van der Waals surface area (Å²) in [4.78, 5) is 16.1. The fraction of sp³-hybridized carbons (Fsp3) is 0.632. The Balaban J connectivity index is 1.57. The summed E-state index contributed by atoms with van der Waals surface area (Å²) in [5.74, 6) is -0.298. The number of carbonyl (C=O) groups excluding carboxylic acids is 1. The maximum atomic E-state index is 13.5. The van der Waals surface area contributed by atoms with E-state index >= 15 is 0 Å². The zero-order valence-corrected chi connectivity index (χ0v) is 15.3. The van der Waals surface area contributed by atoms with E-state index in [1.54, 1.807) is 0 Å². The van der Waals surface area contributed by atoms with Crippen molar-refractivity contribution in [2.75, 3.05) is 39.3 Å². The number of likely N-dealkylation sites (tertiary alicyclic amines) is 1. The van der Waals surface area contributed by atoms with Crippen LogP contribution in [0.2, 0.25) is 0 Å². The molecule has 8 heteroatoms. The van der Waals surface area contributed by atoms with Crippen LogP contribution in [0.5, 0.6) is 0 Å². The first-order valence-corrected chi connectivity index (χ1v) is 9.52. The molecule has 3 rings (SSSR count). The average Bonchev–Trinajstić information content (AvgIpc) is 3.10. The number of nitrogens with zero attached hydrogens (tertiary/aromatic N) is 2. The maximum Gasteiger partial charge on any atom is 0.405 e. The van der Waals surface area contributed by atoms with E-state index in [0.29, 0.717) is 39.1 Å². The Hall–Kier alpha value is -1.64. The molecule has 150 valence electrons. The molecule has 0 spiro atoms. The molecule has 2 heterocycles. The lowest BCUT2D eigenvalue weighted by Gasteiger charge is -2.36. The molecule has 0 aliphatic carbocycles. The van der Waals surface area contributed by atoms with E-state index in [4.69, 9.17) is 0 Å². The predicted octanol–water partition coefficient (Wildman–Crippen LogP) is 1.60. The molecule has 5 nitrogen and oxygen atoms in total. The minimum Gasteiger partial charge on any atom is -0.353 e. The SMILES string of the molecule is O=C(NCC(N1CCNCC1)C(F)(F)F)C1CCCN1Cc1ccccc1. The normalized spacial score (nSPS) is 23.3. The molecule has 2 atom stereocenters. The van der Waals surface area contributed by atoms with Gasteiger partial charge in [-0.1, -0.05) is 30.3 Å². The van der Waals surface area contributed by atoms with Crippen molar-refractivity contribution in [2.45, 2.75) is 37.6 Å². The number of alkyl halides is 3. The fourth-order valence-electron chi connectivity index (χ4n) is 3.89. The highest BCUT2D eigenvalue weighted by atomic mass is 19.4. The number of piperazine rings is 1. The molecule has 1 amide bonds. The second-order valence-electron chi connectivity index (χ2n) is 7.20. The van der Waals surface area contributed by atoms with Crippen molar-refractivity contribution in [3.63, 3.8) is 0 Å². The summed E-state index contributed by atoms with van der Waals surface area (Å²) in [6, 6.07) is 7.83. The molecule has 1 aromatic carbocycles. The summed E-state index contributed by atoms with van der Waals surface area (Å²) in [5, 5.41) is 5.64. The van der Waals surface area contributed by atoms with Gasteiger partial charge in [-0.15, -0.1) is 0 Å². The Morgan fingerprint density at radius 3 is 2.56 bits per heavy atom. The molecule has 1 aromatic rings. The number of amides is 1. The van der Waals surface area contributed by atoms with Gasteiger partial charge in [-0.25, -0.2) is 0 Å². The smallest absolute Gasteiger partial charge is 0.353 e. The topological polar surface area (TPSA) is 47.6 Å². The Morgan fingerprint density at radius 2 is 1.89 bits per heavy atom. The van der Waals surface area contributed by atoms with E-state index in [2.05, 4.69) is 15.5 Å². The van der Waals surface area contributed by atoms with Crippen molar-refractivity contribution in [3.8, 4) is 0 Å². The van der Waals surface area contributed by atoms with Gasteiger partial charge in [-0.2, -0.15) is 13.2 Å². The highest BCUT2D eigenvalue weighted by molar-refractivity contribution is 5.82. The quantitative estimate of drug-likeness (QED) is 0.782. The van der Waals surface area contributed by atoms with E-state index in [9.17, 15) is 18.0 Å². The summed E-state index contributed by atoms with van der Waals surface area (Å²) in [6.07, 6.45) is -2.79. The zero-order valence-electron chi connectivity index (χ0n) is 15.3. The summed E-state index contributed by atoms with van der Waals surface area (Å²) in [6.45, 7) is 2.78. The third-order valence-corrected chi connectivity index (χ3v) is 5.33. The van der Waals surface area contributed by atoms with Crippen LogP contribution in [0, 0.1) is 0 Å². The number of hydrogen-bond acceptors (Lipinski definition) is 4. The number of carbonyl (C=O) groups is 1. The van der Waals surface area contributed by atoms with Crippen LogP contribution in [0.1, 0.15) is 18.4 Å². The average molecular weight is 384 g/mol. The first-order chi connectivity index (χ1) is 12.9. The first-order valence-electron chi connectivity index (χ1n) is 9.52. The Bertz CT molecular complexity index is 605. The maximum absolute atomic E-state index is 13.5. The van der Waals surface area contributed by atoms with Gasteiger partial charge in [0, 0.05) is 39.3 Å². The highest BCUT2D eigenvalue weighted by Gasteiger charge is 2.44. The molecule has 0 saturated carbocycles. The lowest BCUT2D eigenvalue weighted by molar-refractivity contribution is -0.184. The number of nitrogens with one attached hydrogen (secondary N) is 2. The van der Waals surface area contributed by atoms with E-state index in [1.165, 1.54) is 4.90 Å². The Kier molecular flexibility index (Phi) is 6.73. The van der Waals surface area contributed by atoms with E-state index in [0.717, 1.165) is 18.5 Å². The molecule has 2 fully saturated rings. The van der Waals surface area contributed by atoms with E-state index in [1.807, 2.05) is 30.3 Å². The van der Waals surface area contributed by atoms with Crippen LogP contribution in [0.25, 0.3) is 0 Å². The van der Waals surface area contributed by atoms with Crippen LogP contribution in [-0.2, 0) is 11.3 Å². The van der Waals surface area contributed by atoms with Crippen molar-refractivity contribution < 1.29 is 18.0 Å². The van der Waals surface area contributed by atoms with Gasteiger partial charge in [0.2, 0.25) is 5.91 Å². The monoisotopic (exact) mass is 384 g/mol. The molecule has 2 aliphatic rings. The van der Waals surface area contributed by atoms with Gasteiger partial charge in [0.1, 0.15) is 6.04 Å². The van der Waals surface area contributed by atoms with Crippen LogP contribution in [0.4, 0.5) is 13.2 Å². The molecule has 0 radical (unpaired) electrons. The largest absolute Gasteiger partial charge is 0.405 e. The Morgan fingerprint density at radius 1 is 1.19 bits per heavy atom. The standard InChI is InChI=1S/C19H27F3N4O/c20-19(21,22)17(25-11-8-23-9-12-25)13-24-18(27)16-7-4-10-26(16)14-15-5-2-1-3-6-15/h1-3,5-6,16-17,23H,4,7-14H2,(H,24,27). The van der Waals surface area contributed by atoms with Gasteiger partial charge in [-0.05, 0) is 24.9 Å². The van der Waals surface area contributed by atoms with Gasteiger partial charge < -0.3 is 10.6 Å². The number of hydrogen-bond donors (Lipinski definition) is 2. The van der Waals surface area contributed by atoms with Crippen molar-refractivity contribution in [1.29, 1.82) is 0 Å². The number of halogens is 3. The minimum atomic E-state index is -4.36. The van der Waals surface area contributed by atoms with Crippen LogP contribution in [0.3, 0.4) is 0 Å². The second kappa shape index (κ2) is 9.03. The van der Waals surface area contributed by atoms with Crippen molar-refractivity contribution in [2.24, 2.45) is 0 Å². The van der Waals surface area contributed by atoms with Crippen LogP contribution >= 0.6 is 0 Å². The Labute approximate surface area is 157 Å². The van der Waals surface area contributed by atoms with Crippen LogP contribution < -0.4 is 10.6 Å². The van der Waals surface area contributed by atoms with Gasteiger partial charge in [0.05, 0.1) is 6.04 Å². The van der Waals surface area contributed by atoms with Crippen LogP contribution in [-0.4, -0.2) is 73.2 Å². The third-order valence-electron chi connectivity index (χ3n) is 5.33. The summed E-state index contributed by atoms with van der Waals surface area (Å²) in [5.41, 5.74) is 1.10. The molecule has 2 N–H and O–H groups in total. The van der Waals surface area contributed by atoms with E-state index < -0.39 is 18.8 Å². The lowest BCUT2D eigenvalue weighted by atomic mass is 10.1. The van der Waals surface area contributed by atoms with Crippen molar-refractivity contribution in [3.05, 3.63) is 35.9 Å². The number of rotatable bonds is 6. The van der Waals surface area contributed by atoms with Gasteiger partial charge in [0.15, 0.2) is 0 Å². The zero-order chi connectivity index (χ0) is 19.3. The summed E-state index contributed by atoms with van der Waals surface area (Å²) >= 11 is 0. The third kappa shape index (κ3) is 5.43. The first kappa shape index (κ1) is 20.1. The highest BCUT2D eigenvalue weighted by Crippen LogP contribution is 2.25. The predicted molar refractivity (Wildman–Crippen MR) is 97.2 cm³/mol. The molecular formula is C19H27F3N4O. The van der Waals surface area contributed by atoms with Gasteiger partial charge >= 0.3 is 6.18 Å². The van der Waals surface area contributed by atoms with Crippen LogP contribution in [0.15, 0.2) is 30.3 Å². The molecule has 2 aliphatic heterocycles. The van der Waals surface area contributed by atoms with E-state index in [-0.39, 0.29) is 11.9 Å². The molecule has 2 unspecified atom stereocenters. The summed E-state index contributed by atoms with van der Waals surface area (Å²) in [7, 11) is 0. The minimum absolute atomic E-state index is 0.298.